The molecule has 0 aliphatic rings. The van der Waals surface area contributed by atoms with Crippen molar-refractivity contribution in [1.29, 1.82) is 0 Å². The topological polar surface area (TPSA) is 78.7 Å². The quantitative estimate of drug-likeness (QED) is 0.237. The Hall–Kier alpha value is -3.59. The molecule has 2 aromatic rings. The molecular formula is C20H17NO5. The van der Waals surface area contributed by atoms with Crippen molar-refractivity contribution >= 4 is 17.5 Å². The lowest BCUT2D eigenvalue weighted by Crippen LogP contribution is -2.01. The molecule has 0 bridgehead atoms. The molecular weight excluding hydrogens is 334 g/mol. The second kappa shape index (κ2) is 9.04. The summed E-state index contributed by atoms with van der Waals surface area (Å²) >= 11 is 0. The molecule has 0 N–H and O–H groups in total. The predicted molar refractivity (Wildman–Crippen MR) is 98.4 cm³/mol. The van der Waals surface area contributed by atoms with Gasteiger partial charge in [0.05, 0.1) is 17.1 Å². The summed E-state index contributed by atoms with van der Waals surface area (Å²) in [5, 5.41) is 11.0. The molecule has 6 heteroatoms. The minimum absolute atomic E-state index is 0.0350. The summed E-state index contributed by atoms with van der Waals surface area (Å²) in [6.45, 7) is 2.39. The number of carbonyl (C=O) groups is 1. The molecule has 26 heavy (non-hydrogen) atoms. The molecule has 0 radical (unpaired) electrons. The summed E-state index contributed by atoms with van der Waals surface area (Å²) in [6, 6.07) is 11.0. The smallest absolute Gasteiger partial charge is 0.280 e. The maximum atomic E-state index is 12.3. The monoisotopic (exact) mass is 351 g/mol. The first-order valence-corrected chi connectivity index (χ1v) is 7.85. The zero-order valence-electron chi connectivity index (χ0n) is 14.2. The van der Waals surface area contributed by atoms with Gasteiger partial charge in [-0.25, -0.2) is 0 Å². The summed E-state index contributed by atoms with van der Waals surface area (Å²) in [4.78, 5) is 22.7. The molecule has 0 fully saturated rings. The number of hydrogen-bond donors (Lipinski definition) is 0. The first-order valence-electron chi connectivity index (χ1n) is 7.85. The highest BCUT2D eigenvalue weighted by atomic mass is 16.6. The van der Waals surface area contributed by atoms with Crippen molar-refractivity contribution in [3.63, 3.8) is 0 Å². The van der Waals surface area contributed by atoms with E-state index in [9.17, 15) is 14.9 Å². The third kappa shape index (κ3) is 4.71. The molecule has 6 nitrogen and oxygen atoms in total. The minimum Gasteiger partial charge on any atom is -0.490 e. The van der Waals surface area contributed by atoms with Gasteiger partial charge in [-0.1, -0.05) is 30.2 Å². The lowest BCUT2D eigenvalue weighted by Gasteiger charge is -2.10. The molecule has 2 aromatic carbocycles. The van der Waals surface area contributed by atoms with Gasteiger partial charge in [0.2, 0.25) is 0 Å². The Kier molecular flexibility index (Phi) is 6.52. The fourth-order valence-corrected chi connectivity index (χ4v) is 2.24. The molecule has 0 heterocycles. The highest BCUT2D eigenvalue weighted by Crippen LogP contribution is 2.29. The van der Waals surface area contributed by atoms with E-state index >= 15 is 0 Å². The van der Waals surface area contributed by atoms with Crippen LogP contribution in [0.1, 0.15) is 22.8 Å². The summed E-state index contributed by atoms with van der Waals surface area (Å²) in [5.41, 5.74) is 0.497. The number of nitrogens with zero attached hydrogens (tertiary/aromatic N) is 1. The van der Waals surface area contributed by atoms with Crippen molar-refractivity contribution < 1.29 is 19.2 Å². The fourth-order valence-electron chi connectivity index (χ4n) is 2.24. The molecule has 132 valence electrons. The van der Waals surface area contributed by atoms with Gasteiger partial charge in [0.25, 0.3) is 5.69 Å². The number of nitro groups is 1. The van der Waals surface area contributed by atoms with Crippen molar-refractivity contribution in [3.8, 4) is 23.8 Å². The van der Waals surface area contributed by atoms with Gasteiger partial charge in [-0.15, -0.1) is 6.42 Å². The molecule has 0 atom stereocenters. The number of carbonyl (C=O) groups excluding carboxylic acids is 1. The highest BCUT2D eigenvalue weighted by Gasteiger charge is 2.17. The second-order valence-electron chi connectivity index (χ2n) is 5.10. The van der Waals surface area contributed by atoms with E-state index in [1.54, 1.807) is 30.3 Å². The third-order valence-electron chi connectivity index (χ3n) is 3.37. The van der Waals surface area contributed by atoms with E-state index in [1.807, 2.05) is 6.92 Å². The molecule has 0 saturated carbocycles. The van der Waals surface area contributed by atoms with Crippen molar-refractivity contribution in [2.45, 2.75) is 6.92 Å². The minimum atomic E-state index is -0.577. The van der Waals surface area contributed by atoms with Crippen LogP contribution >= 0.6 is 0 Å². The molecule has 0 aliphatic heterocycles. The Labute approximate surface area is 151 Å². The third-order valence-corrected chi connectivity index (χ3v) is 3.37. The van der Waals surface area contributed by atoms with Crippen LogP contribution in [0, 0.1) is 22.5 Å². The van der Waals surface area contributed by atoms with E-state index in [1.165, 1.54) is 24.3 Å². The molecule has 0 aromatic heterocycles. The Morgan fingerprint density at radius 1 is 1.23 bits per heavy atom. The average Bonchev–Trinajstić information content (AvgIpc) is 2.65. The van der Waals surface area contributed by atoms with Crippen LogP contribution in [0.4, 0.5) is 5.69 Å². The van der Waals surface area contributed by atoms with E-state index in [0.717, 1.165) is 0 Å². The molecule has 0 unspecified atom stereocenters. The zero-order chi connectivity index (χ0) is 18.9. The highest BCUT2D eigenvalue weighted by molar-refractivity contribution is 6.09. The van der Waals surface area contributed by atoms with Crippen LogP contribution in [0.15, 0.2) is 48.5 Å². The van der Waals surface area contributed by atoms with Crippen LogP contribution in [0.5, 0.6) is 11.5 Å². The maximum absolute atomic E-state index is 12.3. The fraction of sp³-hybridized carbons (Fsp3) is 0.150. The Morgan fingerprint density at radius 2 is 2.00 bits per heavy atom. The van der Waals surface area contributed by atoms with Gasteiger partial charge < -0.3 is 9.47 Å². The number of para-hydroxylation sites is 1. The number of benzene rings is 2. The predicted octanol–water partition coefficient (Wildman–Crippen LogP) is 3.90. The lowest BCUT2D eigenvalue weighted by atomic mass is 10.1. The summed E-state index contributed by atoms with van der Waals surface area (Å²) in [5.74, 6) is 2.93. The number of ketones is 1. The van der Waals surface area contributed by atoms with Crippen LogP contribution in [-0.4, -0.2) is 23.9 Å². The van der Waals surface area contributed by atoms with Gasteiger partial charge in [-0.2, -0.15) is 0 Å². The van der Waals surface area contributed by atoms with Crippen molar-refractivity contribution in [2.75, 3.05) is 13.2 Å². The van der Waals surface area contributed by atoms with Gasteiger partial charge in [0, 0.05) is 6.07 Å². The molecule has 0 saturated heterocycles. The van der Waals surface area contributed by atoms with Gasteiger partial charge >= 0.3 is 0 Å². The number of rotatable bonds is 8. The Balaban J connectivity index is 2.25. The molecule has 2 rings (SSSR count). The van der Waals surface area contributed by atoms with Crippen LogP contribution < -0.4 is 9.47 Å². The summed E-state index contributed by atoms with van der Waals surface area (Å²) in [7, 11) is 0. The first kappa shape index (κ1) is 18.7. The van der Waals surface area contributed by atoms with E-state index in [-0.39, 0.29) is 17.9 Å². The molecule has 0 amide bonds. The lowest BCUT2D eigenvalue weighted by molar-refractivity contribution is -0.385. The van der Waals surface area contributed by atoms with Gasteiger partial charge in [-0.05, 0) is 36.8 Å². The first-order chi connectivity index (χ1) is 12.6. The van der Waals surface area contributed by atoms with Gasteiger partial charge in [0.1, 0.15) is 6.61 Å². The summed E-state index contributed by atoms with van der Waals surface area (Å²) in [6.07, 6.45) is 8.04. The standard InChI is InChI=1S/C20H17NO5/c1-3-13-26-19-12-10-15(14-20(19)25-4-2)9-11-18(22)16-7-5-6-8-17(16)21(23)24/h1,5-12,14H,4,13H2,2H3/b11-9+. The van der Waals surface area contributed by atoms with Crippen LogP contribution in [-0.2, 0) is 0 Å². The second-order valence-corrected chi connectivity index (χ2v) is 5.10. The van der Waals surface area contributed by atoms with Gasteiger partial charge in [0.15, 0.2) is 17.3 Å². The summed E-state index contributed by atoms with van der Waals surface area (Å²) < 4.78 is 10.9. The Bertz CT molecular complexity index is 880. The van der Waals surface area contributed by atoms with Crippen LogP contribution in [0.2, 0.25) is 0 Å². The van der Waals surface area contributed by atoms with Crippen molar-refractivity contribution in [3.05, 3.63) is 69.8 Å². The largest absolute Gasteiger partial charge is 0.490 e. The number of hydrogen-bond acceptors (Lipinski definition) is 5. The van der Waals surface area contributed by atoms with Crippen molar-refractivity contribution in [2.24, 2.45) is 0 Å². The Morgan fingerprint density at radius 3 is 2.69 bits per heavy atom. The molecule has 0 aliphatic carbocycles. The normalized spacial score (nSPS) is 10.3. The maximum Gasteiger partial charge on any atom is 0.280 e. The van der Waals surface area contributed by atoms with Gasteiger partial charge in [-0.3, -0.25) is 14.9 Å². The van der Waals surface area contributed by atoms with E-state index < -0.39 is 10.7 Å². The van der Waals surface area contributed by atoms with Crippen LogP contribution in [0.3, 0.4) is 0 Å². The van der Waals surface area contributed by atoms with E-state index in [0.29, 0.717) is 23.7 Å². The number of ether oxygens (including phenoxy) is 2. The number of nitro benzene ring substituents is 1. The number of allylic oxidation sites excluding steroid dienone is 1. The van der Waals surface area contributed by atoms with E-state index in [2.05, 4.69) is 5.92 Å². The number of terminal acetylenes is 1. The zero-order valence-corrected chi connectivity index (χ0v) is 14.2. The van der Waals surface area contributed by atoms with Crippen LogP contribution in [0.25, 0.3) is 6.08 Å². The molecule has 0 spiro atoms. The van der Waals surface area contributed by atoms with Crippen molar-refractivity contribution in [1.82, 2.24) is 0 Å². The van der Waals surface area contributed by atoms with E-state index in [4.69, 9.17) is 15.9 Å². The average molecular weight is 351 g/mol. The SMILES string of the molecule is C#CCOc1ccc(/C=C/C(=O)c2ccccc2[N+](=O)[O-])cc1OCC.